The number of amides is 8. The fourth-order valence-electron chi connectivity index (χ4n) is 6.67. The Hall–Kier alpha value is -5.70. The fraction of sp³-hybridized carbons (Fsp3) is 0.762. The molecule has 0 aliphatic carbocycles. The Balaban J connectivity index is 5.65. The highest BCUT2D eigenvalue weighted by molar-refractivity contribution is 5.96. The number of unbranched alkanes of at least 4 members (excludes halogenated alkanes) is 12. The van der Waals surface area contributed by atoms with Gasteiger partial charge in [-0.15, -0.1) is 0 Å². The summed E-state index contributed by atoms with van der Waals surface area (Å²) in [5.41, 5.74) is 21.4. The number of carbonyl (C=O) groups is 8. The number of nitrogens with two attached hydrogens (primary N) is 4. The van der Waals surface area contributed by atoms with E-state index in [2.05, 4.69) is 49.5 Å². The Morgan fingerprint density at radius 3 is 1.19 bits per heavy atom. The van der Waals surface area contributed by atoms with Crippen molar-refractivity contribution in [3.05, 3.63) is 0 Å². The Labute approximate surface area is 378 Å². The molecule has 0 rings (SSSR count). The molecule has 0 radical (unpaired) electrons. The molecule has 0 unspecified atom stereocenters. The Kier molecular flexibility index (Phi) is 32.5. The Morgan fingerprint density at radius 2 is 0.797 bits per heavy atom. The van der Waals surface area contributed by atoms with Gasteiger partial charge in [0, 0.05) is 39.4 Å². The average molecular weight is 909 g/mol. The predicted molar refractivity (Wildman–Crippen MR) is 245 cm³/mol. The van der Waals surface area contributed by atoms with Crippen molar-refractivity contribution in [3.63, 3.8) is 0 Å². The summed E-state index contributed by atoms with van der Waals surface area (Å²) >= 11 is 0. The summed E-state index contributed by atoms with van der Waals surface area (Å²) in [5, 5.41) is 35.2. The topological polar surface area (TPSA) is 385 Å². The molecule has 0 heterocycles. The SMILES string of the molecule is CCCCCCCCCCCCCCCC(=O)N[C@@H](CCCNC(=N)N)C(=O)N[C@@H](CCC(N)=O)C(=O)N[C@@H](C)C(=O)N[C@@H](CCC(N)=O)C(=O)N[C@@H](CCCNC(=N)N)C(=O)NC. The fourth-order valence-corrected chi connectivity index (χ4v) is 6.67. The van der Waals surface area contributed by atoms with Crippen LogP contribution in [0.1, 0.15) is 155 Å². The molecule has 22 nitrogen and oxygen atoms in total. The molecule has 22 heteroatoms. The number of nitrogens with one attached hydrogen (secondary N) is 10. The largest absolute Gasteiger partial charge is 0.370 e. The molecule has 0 spiro atoms. The lowest BCUT2D eigenvalue weighted by molar-refractivity contribution is -0.135. The number of hydrogen-bond acceptors (Lipinski definition) is 10. The molecule has 0 aromatic carbocycles. The first-order valence-electron chi connectivity index (χ1n) is 22.9. The number of rotatable bonds is 38. The maximum absolute atomic E-state index is 13.7. The first-order valence-corrected chi connectivity index (χ1v) is 22.9. The van der Waals surface area contributed by atoms with Crippen LogP contribution >= 0.6 is 0 Å². The molecule has 0 bridgehead atoms. The summed E-state index contributed by atoms with van der Waals surface area (Å²) in [7, 11) is 1.37. The van der Waals surface area contributed by atoms with Gasteiger partial charge in [0.25, 0.3) is 0 Å². The van der Waals surface area contributed by atoms with Crippen molar-refractivity contribution in [2.24, 2.45) is 22.9 Å². The molecule has 0 saturated carbocycles. The minimum Gasteiger partial charge on any atom is -0.370 e. The normalized spacial score (nSPS) is 13.1. The highest BCUT2D eigenvalue weighted by atomic mass is 16.2. The molecule has 8 amide bonds. The summed E-state index contributed by atoms with van der Waals surface area (Å²) in [4.78, 5) is 103. The van der Waals surface area contributed by atoms with Crippen molar-refractivity contribution >= 4 is 59.2 Å². The van der Waals surface area contributed by atoms with E-state index in [0.29, 0.717) is 19.3 Å². The summed E-state index contributed by atoms with van der Waals surface area (Å²) in [6.45, 7) is 3.99. The van der Waals surface area contributed by atoms with E-state index >= 15 is 0 Å². The van der Waals surface area contributed by atoms with Gasteiger partial charge in [-0.05, 0) is 51.9 Å². The van der Waals surface area contributed by atoms with Crippen LogP contribution in [0.4, 0.5) is 0 Å². The monoisotopic (exact) mass is 909 g/mol. The standard InChI is InChI=1S/C42H80N14O8/c1-4-5-6-7-8-9-10-11-12-13-14-15-16-21-35(59)53-30(20-18-27-51-42(47)48)39(63)56-31(22-24-33(43)57)38(62)52-28(2)36(60)54-32(23-25-34(44)58)40(64)55-29(37(61)49-3)19-17-26-50-41(45)46/h28-32H,4-27H2,1-3H3,(H2,43,57)(H2,44,58)(H,49,61)(H,52,62)(H,53,59)(H,54,60)(H,55,64)(H,56,63)(H4,45,46,50)(H4,47,48,51)/t28-,29-,30-,31-,32-/m0/s1. The van der Waals surface area contributed by atoms with Gasteiger partial charge >= 0.3 is 0 Å². The Bertz CT molecular complexity index is 1480. The van der Waals surface area contributed by atoms with Crippen molar-refractivity contribution in [2.45, 2.75) is 185 Å². The van der Waals surface area contributed by atoms with Gasteiger partial charge in [0.1, 0.15) is 30.2 Å². The molecule has 0 aliphatic heterocycles. The van der Waals surface area contributed by atoms with Crippen LogP contribution in [0.2, 0.25) is 0 Å². The maximum atomic E-state index is 13.7. The molecular formula is C42H80N14O8. The van der Waals surface area contributed by atoms with Crippen molar-refractivity contribution in [3.8, 4) is 0 Å². The smallest absolute Gasteiger partial charge is 0.243 e. The third-order valence-electron chi connectivity index (χ3n) is 10.4. The third-order valence-corrected chi connectivity index (χ3v) is 10.4. The maximum Gasteiger partial charge on any atom is 0.243 e. The third kappa shape index (κ3) is 30.4. The summed E-state index contributed by atoms with van der Waals surface area (Å²) in [6, 6.07) is -6.23. The van der Waals surface area contributed by atoms with Gasteiger partial charge < -0.3 is 65.5 Å². The summed E-state index contributed by atoms with van der Waals surface area (Å²) in [5.74, 6) is -6.22. The second-order valence-electron chi connectivity index (χ2n) is 16.1. The van der Waals surface area contributed by atoms with Crippen LogP contribution < -0.4 is 65.5 Å². The van der Waals surface area contributed by atoms with Crippen molar-refractivity contribution < 1.29 is 38.4 Å². The first kappa shape index (κ1) is 58.3. The van der Waals surface area contributed by atoms with Crippen LogP contribution in [-0.4, -0.2) is 110 Å². The molecule has 366 valence electrons. The number of likely N-dealkylation sites (N-methyl/N-ethyl adjacent to an activating group) is 1. The van der Waals surface area contributed by atoms with E-state index < -0.39 is 71.6 Å². The van der Waals surface area contributed by atoms with Crippen molar-refractivity contribution in [1.29, 1.82) is 10.8 Å². The zero-order valence-corrected chi connectivity index (χ0v) is 38.4. The Morgan fingerprint density at radius 1 is 0.438 bits per heavy atom. The highest BCUT2D eigenvalue weighted by Crippen LogP contribution is 2.13. The van der Waals surface area contributed by atoms with E-state index in [1.54, 1.807) is 0 Å². The summed E-state index contributed by atoms with van der Waals surface area (Å²) in [6.07, 6.45) is 14.9. The molecule has 18 N–H and O–H groups in total. The van der Waals surface area contributed by atoms with Crippen molar-refractivity contribution in [1.82, 2.24) is 42.5 Å². The van der Waals surface area contributed by atoms with E-state index in [1.165, 1.54) is 65.3 Å². The molecular weight excluding hydrogens is 829 g/mol. The molecule has 0 fully saturated rings. The lowest BCUT2D eigenvalue weighted by Gasteiger charge is -2.26. The number of carbonyl (C=O) groups excluding carboxylic acids is 8. The van der Waals surface area contributed by atoms with Gasteiger partial charge in [0.05, 0.1) is 0 Å². The average Bonchev–Trinajstić information content (AvgIpc) is 3.23. The molecule has 0 aliphatic rings. The zero-order valence-electron chi connectivity index (χ0n) is 38.4. The second kappa shape index (κ2) is 35.7. The molecule has 0 aromatic heterocycles. The van der Waals surface area contributed by atoms with Crippen LogP contribution in [0.3, 0.4) is 0 Å². The van der Waals surface area contributed by atoms with Gasteiger partial charge in [0.15, 0.2) is 11.9 Å². The highest BCUT2D eigenvalue weighted by Gasteiger charge is 2.31. The molecule has 0 aromatic rings. The minimum atomic E-state index is -1.38. The molecule has 5 atom stereocenters. The lowest BCUT2D eigenvalue weighted by atomic mass is 10.0. The van der Waals surface area contributed by atoms with Gasteiger partial charge in [-0.3, -0.25) is 49.2 Å². The van der Waals surface area contributed by atoms with E-state index in [-0.39, 0.29) is 75.9 Å². The van der Waals surface area contributed by atoms with Crippen LogP contribution in [0.15, 0.2) is 0 Å². The van der Waals surface area contributed by atoms with Crippen LogP contribution in [0.5, 0.6) is 0 Å². The number of primary amides is 2. The van der Waals surface area contributed by atoms with Crippen molar-refractivity contribution in [2.75, 3.05) is 20.1 Å². The molecule has 64 heavy (non-hydrogen) atoms. The van der Waals surface area contributed by atoms with E-state index in [4.69, 9.17) is 33.8 Å². The van der Waals surface area contributed by atoms with Gasteiger partial charge in [-0.1, -0.05) is 84.0 Å². The van der Waals surface area contributed by atoms with Gasteiger partial charge in [0.2, 0.25) is 47.3 Å². The van der Waals surface area contributed by atoms with Crippen LogP contribution in [0, 0.1) is 10.8 Å². The van der Waals surface area contributed by atoms with Gasteiger partial charge in [-0.25, -0.2) is 0 Å². The van der Waals surface area contributed by atoms with Crippen LogP contribution in [-0.2, 0) is 38.4 Å². The lowest BCUT2D eigenvalue weighted by Crippen LogP contribution is -2.58. The molecule has 0 saturated heterocycles. The van der Waals surface area contributed by atoms with E-state index in [9.17, 15) is 38.4 Å². The number of guanidine groups is 2. The van der Waals surface area contributed by atoms with Crippen LogP contribution in [0.25, 0.3) is 0 Å². The van der Waals surface area contributed by atoms with E-state index in [1.807, 2.05) is 0 Å². The minimum absolute atomic E-state index is 0.115. The predicted octanol–water partition coefficient (Wildman–Crippen LogP) is -0.285. The zero-order chi connectivity index (χ0) is 48.3. The number of hydrogen-bond donors (Lipinski definition) is 14. The quantitative estimate of drug-likeness (QED) is 0.0216. The second-order valence-corrected chi connectivity index (χ2v) is 16.1. The van der Waals surface area contributed by atoms with E-state index in [0.717, 1.165) is 25.7 Å². The first-order chi connectivity index (χ1) is 30.4. The summed E-state index contributed by atoms with van der Waals surface area (Å²) < 4.78 is 0. The van der Waals surface area contributed by atoms with Gasteiger partial charge in [-0.2, -0.15) is 0 Å².